The summed E-state index contributed by atoms with van der Waals surface area (Å²) in [6, 6.07) is 0. The Morgan fingerprint density at radius 3 is 2.36 bits per heavy atom. The highest BCUT2D eigenvalue weighted by Crippen LogP contribution is 2.34. The van der Waals surface area contributed by atoms with Crippen LogP contribution < -0.4 is 5.73 Å². The van der Waals surface area contributed by atoms with E-state index in [1.807, 2.05) is 0 Å². The van der Waals surface area contributed by atoms with Crippen molar-refractivity contribution in [3.63, 3.8) is 0 Å². The number of hydrogen-bond acceptors (Lipinski definition) is 6. The summed E-state index contributed by atoms with van der Waals surface area (Å²) >= 11 is 5.35. The molecule has 0 unspecified atom stereocenters. The van der Waals surface area contributed by atoms with Gasteiger partial charge in [-0.25, -0.2) is 4.98 Å². The number of pyridine rings is 1. The molecule has 8 nitrogen and oxygen atoms in total. The van der Waals surface area contributed by atoms with E-state index >= 15 is 0 Å². The molecule has 0 radical (unpaired) electrons. The molecule has 1 aromatic rings. The Morgan fingerprint density at radius 2 is 1.93 bits per heavy atom. The number of aromatic nitrogens is 1. The van der Waals surface area contributed by atoms with Gasteiger partial charge in [-0.15, -0.1) is 0 Å². The first-order chi connectivity index (χ1) is 6.45. The zero-order chi connectivity index (χ0) is 10.9. The summed E-state index contributed by atoms with van der Waals surface area (Å²) in [7, 11) is 0. The summed E-state index contributed by atoms with van der Waals surface area (Å²) in [4.78, 5) is 22.2. The highest BCUT2D eigenvalue weighted by molar-refractivity contribution is 6.32. The second-order valence-corrected chi connectivity index (χ2v) is 2.57. The van der Waals surface area contributed by atoms with E-state index < -0.39 is 32.1 Å². The maximum Gasteiger partial charge on any atom is 0.336 e. The third kappa shape index (κ3) is 1.55. The molecule has 0 aliphatic carbocycles. The highest BCUT2D eigenvalue weighted by atomic mass is 35.5. The van der Waals surface area contributed by atoms with Gasteiger partial charge in [0.25, 0.3) is 0 Å². The first kappa shape index (κ1) is 10.1. The van der Waals surface area contributed by atoms with Crippen molar-refractivity contribution in [1.29, 1.82) is 0 Å². The summed E-state index contributed by atoms with van der Waals surface area (Å²) in [6.45, 7) is 0. The summed E-state index contributed by atoms with van der Waals surface area (Å²) in [6.07, 6.45) is 0.769. The summed E-state index contributed by atoms with van der Waals surface area (Å²) in [5, 5.41) is 20.2. The number of nitro groups is 2. The molecule has 0 bridgehead atoms. The van der Waals surface area contributed by atoms with Gasteiger partial charge in [-0.2, -0.15) is 0 Å². The number of nitrogens with two attached hydrogens (primary N) is 1. The molecule has 0 saturated carbocycles. The van der Waals surface area contributed by atoms with Crippen molar-refractivity contribution in [1.82, 2.24) is 4.98 Å². The van der Waals surface area contributed by atoms with Gasteiger partial charge in [-0.1, -0.05) is 11.6 Å². The van der Waals surface area contributed by atoms with Gasteiger partial charge >= 0.3 is 11.4 Å². The van der Waals surface area contributed by atoms with Crippen LogP contribution in [0.25, 0.3) is 0 Å². The Bertz CT molecular complexity index is 420. The first-order valence-corrected chi connectivity index (χ1v) is 3.55. The van der Waals surface area contributed by atoms with Crippen molar-refractivity contribution in [2.75, 3.05) is 5.73 Å². The van der Waals surface area contributed by atoms with E-state index in [-0.39, 0.29) is 0 Å². The maximum atomic E-state index is 10.4. The normalized spacial score (nSPS) is 9.79. The fraction of sp³-hybridized carbons (Fsp3) is 0. The molecule has 2 N–H and O–H groups in total. The molecule has 74 valence electrons. The zero-order valence-electron chi connectivity index (χ0n) is 6.51. The number of halogens is 1. The molecule has 0 aliphatic heterocycles. The molecule has 1 rings (SSSR count). The average molecular weight is 219 g/mol. The minimum Gasteiger partial charge on any atom is -0.387 e. The van der Waals surface area contributed by atoms with Crippen LogP contribution in [-0.2, 0) is 0 Å². The molecule has 0 saturated heterocycles. The molecule has 9 heteroatoms. The van der Waals surface area contributed by atoms with Crippen LogP contribution in [0.2, 0.25) is 5.15 Å². The molecular formula is C5H3ClN4O4. The van der Waals surface area contributed by atoms with E-state index in [1.165, 1.54) is 0 Å². The second-order valence-electron chi connectivity index (χ2n) is 2.21. The van der Waals surface area contributed by atoms with Gasteiger partial charge < -0.3 is 5.73 Å². The minimum atomic E-state index is -0.919. The number of rotatable bonds is 2. The Labute approximate surface area is 81.6 Å². The van der Waals surface area contributed by atoms with Crippen molar-refractivity contribution in [3.8, 4) is 0 Å². The van der Waals surface area contributed by atoms with E-state index in [4.69, 9.17) is 17.3 Å². The summed E-state index contributed by atoms with van der Waals surface area (Å²) in [5.41, 5.74) is 3.19. The smallest absolute Gasteiger partial charge is 0.336 e. The van der Waals surface area contributed by atoms with Gasteiger partial charge in [-0.05, 0) is 0 Å². The van der Waals surface area contributed by atoms with E-state index in [2.05, 4.69) is 4.98 Å². The van der Waals surface area contributed by atoms with Crippen LogP contribution in [0.3, 0.4) is 0 Å². The number of nitrogen functional groups attached to an aromatic ring is 1. The number of anilines is 1. The quantitative estimate of drug-likeness (QED) is 0.451. The summed E-state index contributed by atoms with van der Waals surface area (Å²) < 4.78 is 0. The van der Waals surface area contributed by atoms with Crippen LogP contribution in [0.4, 0.5) is 17.1 Å². The SMILES string of the molecule is Nc1c([N+](=O)[O-])cnc(Cl)c1[N+](=O)[O-]. The molecule has 0 amide bonds. The van der Waals surface area contributed by atoms with Gasteiger partial charge in [0.15, 0.2) is 5.69 Å². The molecule has 0 atom stereocenters. The lowest BCUT2D eigenvalue weighted by molar-refractivity contribution is -0.392. The molecule has 0 spiro atoms. The van der Waals surface area contributed by atoms with Crippen LogP contribution >= 0.6 is 11.6 Å². The first-order valence-electron chi connectivity index (χ1n) is 3.18. The monoisotopic (exact) mass is 218 g/mol. The highest BCUT2D eigenvalue weighted by Gasteiger charge is 2.27. The van der Waals surface area contributed by atoms with E-state index in [0.717, 1.165) is 6.20 Å². The molecular weight excluding hydrogens is 216 g/mol. The second kappa shape index (κ2) is 3.42. The zero-order valence-corrected chi connectivity index (χ0v) is 7.26. The molecule has 14 heavy (non-hydrogen) atoms. The Balaban J connectivity index is 3.49. The van der Waals surface area contributed by atoms with E-state index in [0.29, 0.717) is 0 Å². The third-order valence-electron chi connectivity index (χ3n) is 1.41. The van der Waals surface area contributed by atoms with Gasteiger partial charge in [0.2, 0.25) is 5.15 Å². The Kier molecular flexibility index (Phi) is 2.47. The van der Waals surface area contributed by atoms with E-state index in [9.17, 15) is 20.2 Å². The maximum absolute atomic E-state index is 10.4. The topological polar surface area (TPSA) is 125 Å². The van der Waals surface area contributed by atoms with E-state index in [1.54, 1.807) is 0 Å². The molecule has 1 heterocycles. The number of hydrogen-bond donors (Lipinski definition) is 1. The van der Waals surface area contributed by atoms with Crippen LogP contribution in [0.15, 0.2) is 6.20 Å². The molecule has 0 fully saturated rings. The Hall–Kier alpha value is -1.96. The van der Waals surface area contributed by atoms with Crippen molar-refractivity contribution < 1.29 is 9.85 Å². The molecule has 1 aromatic heterocycles. The van der Waals surface area contributed by atoms with Crippen molar-refractivity contribution in [2.45, 2.75) is 0 Å². The van der Waals surface area contributed by atoms with Gasteiger partial charge in [0.05, 0.1) is 9.85 Å². The van der Waals surface area contributed by atoms with Crippen molar-refractivity contribution >= 4 is 28.7 Å². The Morgan fingerprint density at radius 1 is 1.36 bits per heavy atom. The lowest BCUT2D eigenvalue weighted by Gasteiger charge is -1.98. The van der Waals surface area contributed by atoms with Crippen LogP contribution in [0.5, 0.6) is 0 Å². The average Bonchev–Trinajstić information content (AvgIpc) is 2.02. The van der Waals surface area contributed by atoms with Crippen LogP contribution in [-0.4, -0.2) is 14.8 Å². The van der Waals surface area contributed by atoms with Gasteiger partial charge in [-0.3, -0.25) is 20.2 Å². The predicted molar refractivity (Wildman–Crippen MR) is 47.0 cm³/mol. The fourth-order valence-corrected chi connectivity index (χ4v) is 1.02. The largest absolute Gasteiger partial charge is 0.387 e. The van der Waals surface area contributed by atoms with Gasteiger partial charge in [0, 0.05) is 0 Å². The lowest BCUT2D eigenvalue weighted by atomic mass is 10.3. The third-order valence-corrected chi connectivity index (χ3v) is 1.68. The van der Waals surface area contributed by atoms with Crippen molar-refractivity contribution in [3.05, 3.63) is 31.6 Å². The van der Waals surface area contributed by atoms with Crippen molar-refractivity contribution in [2.24, 2.45) is 0 Å². The predicted octanol–water partition coefficient (Wildman–Crippen LogP) is 1.13. The number of nitrogens with zero attached hydrogens (tertiary/aromatic N) is 3. The molecule has 0 aliphatic rings. The fourth-order valence-electron chi connectivity index (χ4n) is 0.800. The molecule has 0 aromatic carbocycles. The summed E-state index contributed by atoms with van der Waals surface area (Å²) in [5.74, 6) is 0. The van der Waals surface area contributed by atoms with Gasteiger partial charge in [0.1, 0.15) is 6.20 Å². The van der Waals surface area contributed by atoms with Crippen LogP contribution in [0, 0.1) is 20.2 Å². The standard InChI is InChI=1S/C5H3ClN4O4/c6-5-4(10(13)14)3(7)2(1-8-5)9(11)12/h1H,(H2,7,8). The lowest BCUT2D eigenvalue weighted by Crippen LogP contribution is -2.02. The van der Waals surface area contributed by atoms with Crippen LogP contribution in [0.1, 0.15) is 0 Å². The minimum absolute atomic E-state index is 0.474.